The van der Waals surface area contributed by atoms with E-state index in [9.17, 15) is 5.26 Å². The minimum atomic E-state index is 0.516. The Kier molecular flexibility index (Phi) is 7.90. The monoisotopic (exact) mass is 890 g/mol. The molecule has 0 amide bonds. The third-order valence-electron chi connectivity index (χ3n) is 14.8. The minimum absolute atomic E-state index is 0.516. The highest BCUT2D eigenvalue weighted by Crippen LogP contribution is 2.44. The molecule has 0 spiro atoms. The summed E-state index contributed by atoms with van der Waals surface area (Å²) in [7, 11) is 0. The van der Waals surface area contributed by atoms with Gasteiger partial charge in [0.2, 0.25) is 0 Å². The summed E-state index contributed by atoms with van der Waals surface area (Å²) in [6.45, 7) is 0. The molecule has 70 heavy (non-hydrogen) atoms. The molecule has 0 saturated carbocycles. The average molecular weight is 891 g/mol. The van der Waals surface area contributed by atoms with Gasteiger partial charge in [0, 0.05) is 60.7 Å². The second-order valence-electron chi connectivity index (χ2n) is 18.4. The van der Waals surface area contributed by atoms with Gasteiger partial charge < -0.3 is 23.7 Å². The van der Waals surface area contributed by atoms with Crippen molar-refractivity contribution in [1.82, 2.24) is 18.3 Å². The molecule has 0 saturated heterocycles. The molecule has 15 aromatic rings. The van der Waals surface area contributed by atoms with Crippen molar-refractivity contribution in [3.63, 3.8) is 0 Å². The molecule has 0 atom stereocenters. The van der Waals surface area contributed by atoms with Gasteiger partial charge in [-0.2, -0.15) is 5.26 Å². The fourth-order valence-corrected chi connectivity index (χ4v) is 11.9. The Labute approximate surface area is 400 Å². The van der Waals surface area contributed by atoms with Crippen LogP contribution in [0, 0.1) is 16.7 Å². The van der Waals surface area contributed by atoms with Gasteiger partial charge in [-0.1, -0.05) is 133 Å². The Balaban J connectivity index is 1.03. The summed E-state index contributed by atoms with van der Waals surface area (Å²) in [4.78, 5) is 0. The van der Waals surface area contributed by atoms with Crippen LogP contribution >= 0.6 is 0 Å². The number of hydrogen-bond acceptors (Lipinski definition) is 2. The van der Waals surface area contributed by atoms with E-state index in [0.717, 1.165) is 110 Å². The number of para-hydroxylation sites is 4. The van der Waals surface area contributed by atoms with E-state index in [1.54, 1.807) is 0 Å². The van der Waals surface area contributed by atoms with E-state index in [1.165, 1.54) is 27.8 Å². The number of benzene rings is 11. The molecule has 0 radical (unpaired) electrons. The van der Waals surface area contributed by atoms with Gasteiger partial charge in [0.1, 0.15) is 11.6 Å². The van der Waals surface area contributed by atoms with Crippen LogP contribution in [0.15, 0.2) is 218 Å². The molecule has 0 unspecified atom stereocenters. The Bertz CT molecular complexity index is 4420. The maximum absolute atomic E-state index is 11.7. The molecule has 0 fully saturated rings. The molecule has 6 heteroatoms. The molecular formula is C64H38N6. The first-order chi connectivity index (χ1) is 34.7. The van der Waals surface area contributed by atoms with Crippen molar-refractivity contribution >= 4 is 115 Å². The molecule has 4 aromatic heterocycles. The molecule has 0 aliphatic rings. The van der Waals surface area contributed by atoms with Crippen molar-refractivity contribution in [2.24, 2.45) is 0 Å². The highest BCUT2D eigenvalue weighted by Gasteiger charge is 2.25. The fraction of sp³-hybridized carbons (Fsp3) is 0. The van der Waals surface area contributed by atoms with Gasteiger partial charge in [-0.15, -0.1) is 0 Å². The van der Waals surface area contributed by atoms with Crippen LogP contribution in [0.3, 0.4) is 0 Å². The van der Waals surface area contributed by atoms with E-state index in [4.69, 9.17) is 5.41 Å². The Morgan fingerprint density at radius 3 is 1.06 bits per heavy atom. The predicted molar refractivity (Wildman–Crippen MR) is 291 cm³/mol. The fourth-order valence-electron chi connectivity index (χ4n) is 11.9. The summed E-state index contributed by atoms with van der Waals surface area (Å²) >= 11 is 0. The van der Waals surface area contributed by atoms with Crippen molar-refractivity contribution < 1.29 is 0 Å². The van der Waals surface area contributed by atoms with Crippen molar-refractivity contribution in [2.45, 2.75) is 0 Å². The van der Waals surface area contributed by atoms with Crippen molar-refractivity contribution in [3.05, 3.63) is 230 Å². The molecule has 1 N–H and O–H groups in total. The Hall–Kier alpha value is -9.70. The van der Waals surface area contributed by atoms with Crippen LogP contribution in [0.4, 0.5) is 0 Å². The summed E-state index contributed by atoms with van der Waals surface area (Å²) < 4.78 is 9.24. The number of aromatic nitrogens is 4. The largest absolute Gasteiger partial charge is 0.309 e. The quantitative estimate of drug-likeness (QED) is 0.172. The van der Waals surface area contributed by atoms with Crippen LogP contribution in [-0.2, 0) is 0 Å². The molecule has 11 aromatic carbocycles. The maximum atomic E-state index is 11.7. The predicted octanol–water partition coefficient (Wildman–Crippen LogP) is 16.3. The van der Waals surface area contributed by atoms with E-state index < -0.39 is 0 Å². The van der Waals surface area contributed by atoms with Gasteiger partial charge >= 0.3 is 0 Å². The number of hydrogen-bond donors (Lipinski definition) is 1. The second-order valence-corrected chi connectivity index (χ2v) is 18.4. The zero-order chi connectivity index (χ0) is 46.2. The van der Waals surface area contributed by atoms with Gasteiger partial charge in [0.25, 0.3) is 0 Å². The van der Waals surface area contributed by atoms with Gasteiger partial charge in [-0.3, -0.25) is 0 Å². The van der Waals surface area contributed by atoms with Gasteiger partial charge in [-0.25, -0.2) is 0 Å². The zero-order valence-corrected chi connectivity index (χ0v) is 37.6. The standard InChI is InChI=1S/C64H38N6/c65-37-39-33-61(69-57-31-27-42(35-50(57)63-44-15-3-1-13-40(44)25-29-59(63)69)67-53-21-9-5-17-46(53)47-18-6-10-22-54(47)67)52(38-66)62(34-39)70-58-32-28-43(36-51(58)64-45-16-4-2-14-41(45)26-30-60(64)70)68-55-23-11-7-19-48(55)49-20-8-12-24-56(49)68/h1-37,65H. The lowest BCUT2D eigenvalue weighted by Crippen LogP contribution is -2.06. The van der Waals surface area contributed by atoms with Gasteiger partial charge in [0.15, 0.2) is 0 Å². The summed E-state index contributed by atoms with van der Waals surface area (Å²) in [6.07, 6.45) is 1.40. The minimum Gasteiger partial charge on any atom is -0.309 e. The highest BCUT2D eigenvalue weighted by molar-refractivity contribution is 6.24. The summed E-state index contributed by atoms with van der Waals surface area (Å²) in [5.41, 5.74) is 13.3. The highest BCUT2D eigenvalue weighted by atomic mass is 15.0. The Morgan fingerprint density at radius 1 is 0.329 bits per heavy atom. The first kappa shape index (κ1) is 38.4. The SMILES string of the molecule is N#Cc1c(-n2c3ccc(-n4c5ccccc5c5ccccc54)cc3c3c4ccccc4ccc32)cc(C=N)cc1-n1c2ccc(-n3c4ccccc4c4ccccc43)cc2c2c3ccccc3ccc21. The third kappa shape index (κ3) is 5.18. The molecule has 6 nitrogen and oxygen atoms in total. The van der Waals surface area contributed by atoms with E-state index in [-0.39, 0.29) is 0 Å². The molecule has 324 valence electrons. The van der Waals surface area contributed by atoms with Crippen molar-refractivity contribution in [3.8, 4) is 28.8 Å². The Morgan fingerprint density at radius 2 is 0.671 bits per heavy atom. The van der Waals surface area contributed by atoms with Crippen LogP contribution in [0.1, 0.15) is 11.1 Å². The maximum Gasteiger partial charge on any atom is 0.104 e. The second kappa shape index (κ2) is 14.4. The summed E-state index contributed by atoms with van der Waals surface area (Å²) in [6, 6.07) is 80.6. The number of rotatable bonds is 5. The number of nitriles is 1. The molecule has 0 bridgehead atoms. The summed E-state index contributed by atoms with van der Waals surface area (Å²) in [5.74, 6) is 0. The molecule has 4 heterocycles. The molecule has 0 aliphatic heterocycles. The zero-order valence-electron chi connectivity index (χ0n) is 37.6. The van der Waals surface area contributed by atoms with E-state index in [0.29, 0.717) is 11.1 Å². The van der Waals surface area contributed by atoms with Crippen LogP contribution in [-0.4, -0.2) is 24.5 Å². The lowest BCUT2D eigenvalue weighted by molar-refractivity contribution is 1.11. The smallest absolute Gasteiger partial charge is 0.104 e. The first-order valence-electron chi connectivity index (χ1n) is 23.7. The number of nitrogens with zero attached hydrogens (tertiary/aromatic N) is 5. The van der Waals surface area contributed by atoms with Gasteiger partial charge in [-0.05, 0) is 112 Å². The lowest BCUT2D eigenvalue weighted by Gasteiger charge is -2.17. The molecular weight excluding hydrogens is 853 g/mol. The van der Waals surface area contributed by atoms with E-state index in [2.05, 4.69) is 231 Å². The van der Waals surface area contributed by atoms with Crippen LogP contribution in [0.2, 0.25) is 0 Å². The topological polar surface area (TPSA) is 67.4 Å². The average Bonchev–Trinajstić information content (AvgIpc) is 4.15. The van der Waals surface area contributed by atoms with Crippen LogP contribution < -0.4 is 0 Å². The van der Waals surface area contributed by atoms with Crippen molar-refractivity contribution in [1.29, 1.82) is 10.7 Å². The lowest BCUT2D eigenvalue weighted by atomic mass is 10.0. The normalized spacial score (nSPS) is 12.0. The molecule has 0 aliphatic carbocycles. The summed E-state index contributed by atoms with van der Waals surface area (Å²) in [5, 5.41) is 34.3. The van der Waals surface area contributed by atoms with Crippen LogP contribution in [0.25, 0.3) is 132 Å². The first-order valence-corrected chi connectivity index (χ1v) is 23.7. The number of fused-ring (bicyclic) bond motifs is 16. The van der Waals surface area contributed by atoms with Crippen LogP contribution in [0.5, 0.6) is 0 Å². The molecule has 15 rings (SSSR count). The van der Waals surface area contributed by atoms with E-state index >= 15 is 0 Å². The van der Waals surface area contributed by atoms with Crippen molar-refractivity contribution in [2.75, 3.05) is 0 Å². The van der Waals surface area contributed by atoms with Gasteiger partial charge in [0.05, 0.1) is 55.5 Å². The number of nitrogens with one attached hydrogen (secondary N) is 1. The van der Waals surface area contributed by atoms with E-state index in [1.807, 2.05) is 12.1 Å². The third-order valence-corrected chi connectivity index (χ3v) is 14.8.